The molecule has 1 aliphatic rings. The molecule has 1 heterocycles. The first-order chi connectivity index (χ1) is 13.6. The monoisotopic (exact) mass is 385 g/mol. The largest absolute Gasteiger partial charge is 0.487 e. The minimum Gasteiger partial charge on any atom is -0.487 e. The van der Waals surface area contributed by atoms with Gasteiger partial charge < -0.3 is 14.7 Å². The van der Waals surface area contributed by atoms with Crippen LogP contribution in [0.5, 0.6) is 5.75 Å². The topological polar surface area (TPSA) is 49.8 Å². The summed E-state index contributed by atoms with van der Waals surface area (Å²) >= 11 is 0. The van der Waals surface area contributed by atoms with Crippen LogP contribution in [0.3, 0.4) is 0 Å². The van der Waals surface area contributed by atoms with Gasteiger partial charge in [0.25, 0.3) is 0 Å². The van der Waals surface area contributed by atoms with E-state index in [9.17, 15) is 9.18 Å². The Labute approximate surface area is 165 Å². The Hall–Kier alpha value is -2.56. The van der Waals surface area contributed by atoms with Gasteiger partial charge in [-0.2, -0.15) is 0 Å². The van der Waals surface area contributed by atoms with Crippen LogP contribution >= 0.6 is 0 Å². The van der Waals surface area contributed by atoms with Gasteiger partial charge in [0.1, 0.15) is 18.2 Å². The van der Waals surface area contributed by atoms with E-state index in [0.29, 0.717) is 5.56 Å². The van der Waals surface area contributed by atoms with Gasteiger partial charge in [0.05, 0.1) is 5.69 Å². The average molecular weight is 385 g/mol. The van der Waals surface area contributed by atoms with Gasteiger partial charge in [-0.05, 0) is 54.5 Å². The Morgan fingerprint density at radius 2 is 2.14 bits per heavy atom. The highest BCUT2D eigenvalue weighted by Crippen LogP contribution is 2.37. The fourth-order valence-electron chi connectivity index (χ4n) is 3.68. The van der Waals surface area contributed by atoms with Gasteiger partial charge in [-0.3, -0.25) is 4.79 Å². The first-order valence-corrected chi connectivity index (χ1v) is 10.1. The van der Waals surface area contributed by atoms with Crippen molar-refractivity contribution in [3.05, 3.63) is 58.9 Å². The standard InChI is InChI=1S/C23H28FNO3/c1-2-3-13-25-14-5-7-19-6-4-8-21(23(19)25)28-16-17-9-10-18(20(24)15-17)11-12-22(26)27/h4,6,8-10,15H,2-3,5,7,11-14,16H2,1H3,(H,26,27). The maximum Gasteiger partial charge on any atom is 0.303 e. The summed E-state index contributed by atoms with van der Waals surface area (Å²) < 4.78 is 20.3. The van der Waals surface area contributed by atoms with Gasteiger partial charge in [0, 0.05) is 19.5 Å². The number of rotatable bonds is 9. The van der Waals surface area contributed by atoms with Gasteiger partial charge in [-0.15, -0.1) is 0 Å². The number of aliphatic carboxylic acids is 1. The molecular weight excluding hydrogens is 357 g/mol. The molecule has 1 N–H and O–H groups in total. The van der Waals surface area contributed by atoms with Crippen molar-refractivity contribution in [2.75, 3.05) is 18.0 Å². The molecule has 0 atom stereocenters. The average Bonchev–Trinajstić information content (AvgIpc) is 2.69. The first kappa shape index (κ1) is 20.2. The Morgan fingerprint density at radius 1 is 1.29 bits per heavy atom. The summed E-state index contributed by atoms with van der Waals surface area (Å²) in [6.45, 7) is 4.55. The van der Waals surface area contributed by atoms with Crippen molar-refractivity contribution in [2.24, 2.45) is 0 Å². The van der Waals surface area contributed by atoms with E-state index >= 15 is 0 Å². The maximum atomic E-state index is 14.2. The summed E-state index contributed by atoms with van der Waals surface area (Å²) in [5, 5.41) is 8.76. The molecule has 28 heavy (non-hydrogen) atoms. The Bertz CT molecular complexity index is 821. The lowest BCUT2D eigenvalue weighted by Crippen LogP contribution is -2.30. The second-order valence-electron chi connectivity index (χ2n) is 7.32. The molecule has 0 spiro atoms. The Balaban J connectivity index is 1.71. The van der Waals surface area contributed by atoms with E-state index < -0.39 is 5.97 Å². The first-order valence-electron chi connectivity index (χ1n) is 10.1. The molecule has 5 heteroatoms. The number of carboxylic acid groups (broad SMARTS) is 1. The van der Waals surface area contributed by atoms with Crippen molar-refractivity contribution in [3.63, 3.8) is 0 Å². The number of carbonyl (C=O) groups is 1. The SMILES string of the molecule is CCCCN1CCCc2cccc(OCc3ccc(CCC(=O)O)c(F)c3)c21. The number of halogens is 1. The van der Waals surface area contributed by atoms with E-state index in [4.69, 9.17) is 9.84 Å². The third kappa shape index (κ3) is 5.03. The highest BCUT2D eigenvalue weighted by atomic mass is 19.1. The summed E-state index contributed by atoms with van der Waals surface area (Å²) in [6, 6.07) is 11.1. The molecule has 0 radical (unpaired) electrons. The van der Waals surface area contributed by atoms with Crippen LogP contribution in [-0.2, 0) is 24.2 Å². The molecule has 2 aromatic rings. The van der Waals surface area contributed by atoms with Crippen molar-refractivity contribution in [1.82, 2.24) is 0 Å². The van der Waals surface area contributed by atoms with Crippen molar-refractivity contribution in [1.29, 1.82) is 0 Å². The molecule has 150 valence electrons. The zero-order valence-corrected chi connectivity index (χ0v) is 16.4. The molecule has 0 saturated heterocycles. The highest BCUT2D eigenvalue weighted by Gasteiger charge is 2.20. The molecule has 1 aliphatic heterocycles. The molecule has 0 aliphatic carbocycles. The summed E-state index contributed by atoms with van der Waals surface area (Å²) in [5.41, 5.74) is 3.66. The lowest BCUT2D eigenvalue weighted by atomic mass is 10.0. The van der Waals surface area contributed by atoms with Crippen LogP contribution < -0.4 is 9.64 Å². The van der Waals surface area contributed by atoms with E-state index in [0.717, 1.165) is 50.1 Å². The van der Waals surface area contributed by atoms with Gasteiger partial charge in [-0.1, -0.05) is 37.6 Å². The van der Waals surface area contributed by atoms with E-state index in [1.54, 1.807) is 6.07 Å². The highest BCUT2D eigenvalue weighted by molar-refractivity contribution is 5.67. The molecule has 2 aromatic carbocycles. The number of aryl methyl sites for hydroxylation is 2. The van der Waals surface area contributed by atoms with Crippen LogP contribution in [0.25, 0.3) is 0 Å². The number of para-hydroxylation sites is 1. The number of ether oxygens (including phenoxy) is 1. The molecular formula is C23H28FNO3. The van der Waals surface area contributed by atoms with E-state index in [2.05, 4.69) is 17.9 Å². The summed E-state index contributed by atoms with van der Waals surface area (Å²) in [4.78, 5) is 13.1. The number of benzene rings is 2. The maximum absolute atomic E-state index is 14.2. The minimum absolute atomic E-state index is 0.0729. The van der Waals surface area contributed by atoms with Gasteiger partial charge in [0.15, 0.2) is 0 Å². The molecule has 0 saturated carbocycles. The Kier molecular flexibility index (Phi) is 6.90. The third-order valence-electron chi connectivity index (χ3n) is 5.17. The predicted octanol–water partition coefficient (Wildman–Crippen LogP) is 4.97. The van der Waals surface area contributed by atoms with E-state index in [1.807, 2.05) is 18.2 Å². The molecule has 0 aromatic heterocycles. The molecule has 0 unspecified atom stereocenters. The van der Waals surface area contributed by atoms with Crippen molar-refractivity contribution in [3.8, 4) is 5.75 Å². The predicted molar refractivity (Wildman–Crippen MR) is 109 cm³/mol. The molecule has 0 amide bonds. The normalized spacial score (nSPS) is 13.3. The lowest BCUT2D eigenvalue weighted by Gasteiger charge is -2.33. The van der Waals surface area contributed by atoms with Crippen molar-refractivity contribution < 1.29 is 19.0 Å². The fraction of sp³-hybridized carbons (Fsp3) is 0.435. The van der Waals surface area contributed by atoms with Gasteiger partial charge in [0.2, 0.25) is 0 Å². The number of hydrogen-bond acceptors (Lipinski definition) is 3. The second kappa shape index (κ2) is 9.58. The second-order valence-corrected chi connectivity index (χ2v) is 7.32. The zero-order chi connectivity index (χ0) is 19.9. The van der Waals surface area contributed by atoms with Crippen LogP contribution in [-0.4, -0.2) is 24.2 Å². The van der Waals surface area contributed by atoms with Crippen LogP contribution in [0.4, 0.5) is 10.1 Å². The lowest BCUT2D eigenvalue weighted by molar-refractivity contribution is -0.136. The molecule has 3 rings (SSSR count). The number of unbranched alkanes of at least 4 members (excludes halogenated alkanes) is 1. The molecule has 0 fully saturated rings. The van der Waals surface area contributed by atoms with Crippen LogP contribution in [0.15, 0.2) is 36.4 Å². The molecule has 0 bridgehead atoms. The molecule has 4 nitrogen and oxygen atoms in total. The van der Waals surface area contributed by atoms with Crippen LogP contribution in [0, 0.1) is 5.82 Å². The Morgan fingerprint density at radius 3 is 2.89 bits per heavy atom. The number of anilines is 1. The van der Waals surface area contributed by atoms with Crippen LogP contribution in [0.1, 0.15) is 49.3 Å². The fourth-order valence-corrected chi connectivity index (χ4v) is 3.68. The summed E-state index contributed by atoms with van der Waals surface area (Å²) in [5.74, 6) is -0.445. The third-order valence-corrected chi connectivity index (χ3v) is 5.17. The minimum atomic E-state index is -0.923. The summed E-state index contributed by atoms with van der Waals surface area (Å²) in [6.07, 6.45) is 4.64. The quantitative estimate of drug-likeness (QED) is 0.662. The zero-order valence-electron chi connectivity index (χ0n) is 16.4. The summed E-state index contributed by atoms with van der Waals surface area (Å²) in [7, 11) is 0. The smallest absolute Gasteiger partial charge is 0.303 e. The van der Waals surface area contributed by atoms with E-state index in [1.165, 1.54) is 17.3 Å². The van der Waals surface area contributed by atoms with Crippen LogP contribution in [0.2, 0.25) is 0 Å². The van der Waals surface area contributed by atoms with Gasteiger partial charge >= 0.3 is 5.97 Å². The van der Waals surface area contributed by atoms with Crippen molar-refractivity contribution in [2.45, 2.75) is 52.1 Å². The van der Waals surface area contributed by atoms with Gasteiger partial charge in [-0.25, -0.2) is 4.39 Å². The van der Waals surface area contributed by atoms with Crippen molar-refractivity contribution >= 4 is 11.7 Å². The number of nitrogens with zero attached hydrogens (tertiary/aromatic N) is 1. The number of fused-ring (bicyclic) bond motifs is 1. The number of hydrogen-bond donors (Lipinski definition) is 1. The number of carboxylic acids is 1. The van der Waals surface area contributed by atoms with E-state index in [-0.39, 0.29) is 25.3 Å².